The first-order valence-electron chi connectivity index (χ1n) is 12.2. The minimum absolute atomic E-state index is 0.143. The van der Waals surface area contributed by atoms with Crippen molar-refractivity contribution in [2.45, 2.75) is 96.3 Å². The van der Waals surface area contributed by atoms with Crippen LogP contribution in [-0.4, -0.2) is 35.0 Å². The van der Waals surface area contributed by atoms with Crippen molar-refractivity contribution in [2.75, 3.05) is 6.54 Å². The Labute approximate surface area is 182 Å². The van der Waals surface area contributed by atoms with E-state index in [1.807, 2.05) is 0 Å². The zero-order chi connectivity index (χ0) is 21.2. The fourth-order valence-corrected chi connectivity index (χ4v) is 7.49. The number of hydrogen-bond donors (Lipinski definition) is 3. The molecule has 1 saturated heterocycles. The molecule has 1 aromatic carbocycles. The lowest BCUT2D eigenvalue weighted by molar-refractivity contribution is 0.0656. The average molecular weight is 410 g/mol. The van der Waals surface area contributed by atoms with E-state index in [-0.39, 0.29) is 23.7 Å². The van der Waals surface area contributed by atoms with Gasteiger partial charge in [0.25, 0.3) is 0 Å². The van der Waals surface area contributed by atoms with E-state index < -0.39 is 0 Å². The van der Waals surface area contributed by atoms with Gasteiger partial charge >= 0.3 is 0 Å². The van der Waals surface area contributed by atoms with Crippen molar-refractivity contribution in [3.63, 3.8) is 0 Å². The summed E-state index contributed by atoms with van der Waals surface area (Å²) in [4.78, 5) is 0. The van der Waals surface area contributed by atoms with Gasteiger partial charge in [-0.2, -0.15) is 0 Å². The number of aliphatic hydroxyl groups excluding tert-OH is 2. The second-order valence-electron chi connectivity index (χ2n) is 11.2. The zero-order valence-corrected chi connectivity index (χ0v) is 19.1. The Balaban J connectivity index is 1.44. The van der Waals surface area contributed by atoms with Crippen LogP contribution in [0.5, 0.6) is 0 Å². The van der Waals surface area contributed by atoms with Crippen molar-refractivity contribution < 1.29 is 10.2 Å². The fourth-order valence-electron chi connectivity index (χ4n) is 7.49. The number of benzene rings is 1. The quantitative estimate of drug-likeness (QED) is 0.626. The highest BCUT2D eigenvalue weighted by molar-refractivity contribution is 5.49. The van der Waals surface area contributed by atoms with Crippen molar-refractivity contribution in [2.24, 2.45) is 17.3 Å². The number of piperidine rings is 1. The molecule has 0 aromatic heterocycles. The van der Waals surface area contributed by atoms with Crippen molar-refractivity contribution in [3.05, 3.63) is 46.0 Å². The lowest BCUT2D eigenvalue weighted by Gasteiger charge is -2.48. The molecule has 3 nitrogen and oxygen atoms in total. The Kier molecular flexibility index (Phi) is 5.16. The molecule has 5 rings (SSSR count). The van der Waals surface area contributed by atoms with Crippen molar-refractivity contribution in [1.29, 1.82) is 0 Å². The van der Waals surface area contributed by atoms with Crippen LogP contribution in [0, 0.1) is 24.2 Å². The Hall–Kier alpha value is -1.16. The van der Waals surface area contributed by atoms with Gasteiger partial charge in [-0.15, -0.1) is 0 Å². The molecule has 0 bridgehead atoms. The third-order valence-electron chi connectivity index (χ3n) is 9.40. The molecule has 3 N–H and O–H groups in total. The molecule has 1 aromatic rings. The van der Waals surface area contributed by atoms with Gasteiger partial charge in [-0.3, -0.25) is 0 Å². The molecule has 0 unspecified atom stereocenters. The van der Waals surface area contributed by atoms with Crippen LogP contribution >= 0.6 is 0 Å². The highest BCUT2D eigenvalue weighted by Gasteiger charge is 2.50. The van der Waals surface area contributed by atoms with Gasteiger partial charge in [0.2, 0.25) is 0 Å². The SMILES string of the molecule is Cc1c([C@H](C)[C@@H]2NC[C@@H](C)C[C@H]2O)ccc2c1C[C@@H]1[C@H]2CC=C2C[C@@H](O)CC[C@@]21C. The summed E-state index contributed by atoms with van der Waals surface area (Å²) in [5.41, 5.74) is 7.79. The van der Waals surface area contributed by atoms with Crippen molar-refractivity contribution >= 4 is 0 Å². The molecule has 0 spiro atoms. The minimum Gasteiger partial charge on any atom is -0.393 e. The van der Waals surface area contributed by atoms with Crippen LogP contribution in [-0.2, 0) is 6.42 Å². The van der Waals surface area contributed by atoms with E-state index in [0.717, 1.165) is 38.6 Å². The molecule has 0 radical (unpaired) electrons. The Bertz CT molecular complexity index is 861. The van der Waals surface area contributed by atoms with Gasteiger partial charge < -0.3 is 15.5 Å². The van der Waals surface area contributed by atoms with Crippen LogP contribution < -0.4 is 5.32 Å². The maximum atomic E-state index is 10.7. The number of rotatable bonds is 2. The van der Waals surface area contributed by atoms with Gasteiger partial charge in [-0.05, 0) is 103 Å². The highest BCUT2D eigenvalue weighted by atomic mass is 16.3. The molecule has 0 amide bonds. The molecule has 164 valence electrons. The summed E-state index contributed by atoms with van der Waals surface area (Å²) in [5.74, 6) is 2.16. The van der Waals surface area contributed by atoms with Gasteiger partial charge in [0.15, 0.2) is 0 Å². The lowest BCUT2D eigenvalue weighted by atomic mass is 9.57. The predicted molar refractivity (Wildman–Crippen MR) is 122 cm³/mol. The topological polar surface area (TPSA) is 52.5 Å². The maximum absolute atomic E-state index is 10.7. The molecule has 3 heteroatoms. The zero-order valence-electron chi connectivity index (χ0n) is 19.1. The molecule has 1 aliphatic heterocycles. The Morgan fingerprint density at radius 2 is 2.00 bits per heavy atom. The molecular formula is C27H39NO2. The van der Waals surface area contributed by atoms with Crippen LogP contribution in [0.3, 0.4) is 0 Å². The largest absolute Gasteiger partial charge is 0.393 e. The number of aliphatic hydroxyl groups is 2. The summed E-state index contributed by atoms with van der Waals surface area (Å²) >= 11 is 0. The molecule has 2 fully saturated rings. The van der Waals surface area contributed by atoms with Crippen LogP contribution in [0.4, 0.5) is 0 Å². The van der Waals surface area contributed by atoms with Crippen LogP contribution in [0.25, 0.3) is 0 Å². The maximum Gasteiger partial charge on any atom is 0.0702 e. The first kappa shape index (κ1) is 20.7. The molecule has 1 heterocycles. The normalized spacial score (nSPS) is 41.5. The summed E-state index contributed by atoms with van der Waals surface area (Å²) in [6.45, 7) is 10.3. The Morgan fingerprint density at radius 3 is 2.77 bits per heavy atom. The predicted octanol–water partition coefficient (Wildman–Crippen LogP) is 4.59. The van der Waals surface area contributed by atoms with E-state index in [2.05, 4.69) is 51.2 Å². The standard InChI is InChI=1S/C27H39NO2/c1-15-11-25(30)26(28-14-15)17(3)20-7-8-21-22-6-5-18-12-19(29)9-10-27(18,4)24(22)13-23(21)16(20)2/h5,7-8,15,17,19,22,24-26,28-30H,6,9-14H2,1-4H3/t15-,17-,19-,22-,24+,25+,26-,27-/m0/s1. The number of fused-ring (bicyclic) bond motifs is 5. The second kappa shape index (κ2) is 7.46. The molecule has 4 aliphatic rings. The summed E-state index contributed by atoms with van der Waals surface area (Å²) < 4.78 is 0. The number of nitrogens with one attached hydrogen (secondary N) is 1. The fraction of sp³-hybridized carbons (Fsp3) is 0.704. The van der Waals surface area contributed by atoms with Crippen LogP contribution in [0.2, 0.25) is 0 Å². The van der Waals surface area contributed by atoms with E-state index in [0.29, 0.717) is 23.7 Å². The van der Waals surface area contributed by atoms with E-state index in [1.165, 1.54) is 23.1 Å². The summed E-state index contributed by atoms with van der Waals surface area (Å²) in [6, 6.07) is 4.92. The van der Waals surface area contributed by atoms with Gasteiger partial charge in [0.1, 0.15) is 0 Å². The summed E-state index contributed by atoms with van der Waals surface area (Å²) in [7, 11) is 0. The molecule has 3 aliphatic carbocycles. The van der Waals surface area contributed by atoms with E-state index in [9.17, 15) is 10.2 Å². The third-order valence-corrected chi connectivity index (χ3v) is 9.40. The summed E-state index contributed by atoms with van der Waals surface area (Å²) in [5, 5.41) is 24.6. The van der Waals surface area contributed by atoms with E-state index in [4.69, 9.17) is 0 Å². The van der Waals surface area contributed by atoms with Crippen LogP contribution in [0.15, 0.2) is 23.8 Å². The van der Waals surface area contributed by atoms with Crippen LogP contribution in [0.1, 0.15) is 87.0 Å². The number of hydrogen-bond acceptors (Lipinski definition) is 3. The van der Waals surface area contributed by atoms with Gasteiger partial charge in [-0.1, -0.05) is 44.6 Å². The summed E-state index contributed by atoms with van der Waals surface area (Å²) in [6.07, 6.45) is 8.20. The van der Waals surface area contributed by atoms with Gasteiger partial charge in [0, 0.05) is 6.04 Å². The highest BCUT2D eigenvalue weighted by Crippen LogP contribution is 2.60. The lowest BCUT2D eigenvalue weighted by Crippen LogP contribution is -2.50. The molecule has 30 heavy (non-hydrogen) atoms. The van der Waals surface area contributed by atoms with Gasteiger partial charge in [0.05, 0.1) is 12.2 Å². The van der Waals surface area contributed by atoms with E-state index in [1.54, 1.807) is 11.1 Å². The smallest absolute Gasteiger partial charge is 0.0702 e. The second-order valence-corrected chi connectivity index (χ2v) is 11.2. The molecular weight excluding hydrogens is 370 g/mol. The van der Waals surface area contributed by atoms with E-state index >= 15 is 0 Å². The Morgan fingerprint density at radius 1 is 1.20 bits per heavy atom. The monoisotopic (exact) mass is 409 g/mol. The minimum atomic E-state index is -0.265. The molecule has 1 saturated carbocycles. The molecule has 8 atom stereocenters. The van der Waals surface area contributed by atoms with Crippen molar-refractivity contribution in [1.82, 2.24) is 5.32 Å². The van der Waals surface area contributed by atoms with Crippen molar-refractivity contribution in [3.8, 4) is 0 Å². The van der Waals surface area contributed by atoms with Gasteiger partial charge in [-0.25, -0.2) is 0 Å². The average Bonchev–Trinajstić information content (AvgIpc) is 3.09. The third kappa shape index (κ3) is 3.12. The first-order chi connectivity index (χ1) is 14.3. The number of allylic oxidation sites excluding steroid dienone is 1. The first-order valence-corrected chi connectivity index (χ1v) is 12.2.